The van der Waals surface area contributed by atoms with Crippen LogP contribution in [0.5, 0.6) is 0 Å². The van der Waals surface area contributed by atoms with Crippen LogP contribution >= 0.6 is 11.3 Å². The molecule has 3 rings (SSSR count). The van der Waals surface area contributed by atoms with E-state index in [1.807, 2.05) is 18.4 Å². The molecule has 0 spiro atoms. The molecule has 1 amide bonds. The van der Waals surface area contributed by atoms with E-state index in [9.17, 15) is 9.18 Å². The van der Waals surface area contributed by atoms with Crippen molar-refractivity contribution in [1.29, 1.82) is 0 Å². The molecule has 1 saturated heterocycles. The molecule has 4 nitrogen and oxygen atoms in total. The predicted molar refractivity (Wildman–Crippen MR) is 87.8 cm³/mol. The Labute approximate surface area is 138 Å². The Morgan fingerprint density at radius 2 is 2.43 bits per heavy atom. The topological polar surface area (TPSA) is 51.2 Å². The van der Waals surface area contributed by atoms with E-state index in [4.69, 9.17) is 4.74 Å². The minimum Gasteiger partial charge on any atom is -0.376 e. The van der Waals surface area contributed by atoms with Gasteiger partial charge >= 0.3 is 0 Å². The zero-order chi connectivity index (χ0) is 16.2. The summed E-state index contributed by atoms with van der Waals surface area (Å²) in [6.07, 6.45) is 2.37. The summed E-state index contributed by atoms with van der Waals surface area (Å²) >= 11 is 1.42. The highest BCUT2D eigenvalue weighted by Gasteiger charge is 2.23. The fraction of sp³-hybridized carbons (Fsp3) is 0.412. The Morgan fingerprint density at radius 3 is 3.17 bits per heavy atom. The summed E-state index contributed by atoms with van der Waals surface area (Å²) in [5.74, 6) is -0.355. The number of hydrogen-bond donors (Lipinski definition) is 1. The standard InChI is InChI=1S/C17H19FN2O2S/c1-11(15-6-3-7-22-15)19-16(21)9-14-10-23-17(20-14)12-4-2-5-13(18)8-12/h2,4-5,8,10-11,15H,3,6-7,9H2,1H3,(H,19,21)/t11-,15+/m1/s1. The van der Waals surface area contributed by atoms with Crippen LogP contribution in [0.15, 0.2) is 29.6 Å². The molecule has 6 heteroatoms. The highest BCUT2D eigenvalue weighted by atomic mass is 32.1. The summed E-state index contributed by atoms with van der Waals surface area (Å²) < 4.78 is 18.8. The van der Waals surface area contributed by atoms with Crippen molar-refractivity contribution >= 4 is 17.2 Å². The Balaban J connectivity index is 1.59. The second-order valence-corrected chi connectivity index (χ2v) is 6.60. The summed E-state index contributed by atoms with van der Waals surface area (Å²) in [5, 5.41) is 5.53. The number of thiazole rings is 1. The van der Waals surface area contributed by atoms with Crippen LogP contribution in [-0.4, -0.2) is 29.6 Å². The summed E-state index contributed by atoms with van der Waals surface area (Å²) in [6, 6.07) is 6.32. The third-order valence-electron chi connectivity index (χ3n) is 3.88. The summed E-state index contributed by atoms with van der Waals surface area (Å²) in [6.45, 7) is 2.74. The van der Waals surface area contributed by atoms with Crippen molar-refractivity contribution in [1.82, 2.24) is 10.3 Å². The average molecular weight is 334 g/mol. The lowest BCUT2D eigenvalue weighted by atomic mass is 10.1. The van der Waals surface area contributed by atoms with Crippen LogP contribution in [0.4, 0.5) is 4.39 Å². The molecule has 0 radical (unpaired) electrons. The summed E-state index contributed by atoms with van der Waals surface area (Å²) in [4.78, 5) is 16.5. The van der Waals surface area contributed by atoms with E-state index in [2.05, 4.69) is 10.3 Å². The molecule has 1 aliphatic rings. The summed E-state index contributed by atoms with van der Waals surface area (Å²) in [5.41, 5.74) is 1.43. The van der Waals surface area contributed by atoms with Gasteiger partial charge in [-0.15, -0.1) is 11.3 Å². The number of carbonyl (C=O) groups excluding carboxylic acids is 1. The van der Waals surface area contributed by atoms with E-state index in [1.165, 1.54) is 23.5 Å². The van der Waals surface area contributed by atoms with Crippen LogP contribution in [0, 0.1) is 5.82 Å². The molecular formula is C17H19FN2O2S. The van der Waals surface area contributed by atoms with Crippen LogP contribution in [0.3, 0.4) is 0 Å². The quantitative estimate of drug-likeness (QED) is 0.914. The van der Waals surface area contributed by atoms with Gasteiger partial charge in [0, 0.05) is 17.6 Å². The predicted octanol–water partition coefficient (Wildman–Crippen LogP) is 3.18. The van der Waals surface area contributed by atoms with Crippen molar-refractivity contribution in [2.24, 2.45) is 0 Å². The Kier molecular flexibility index (Phi) is 5.03. The minimum absolute atomic E-state index is 0.00586. The monoisotopic (exact) mass is 334 g/mol. The number of nitrogens with one attached hydrogen (secondary N) is 1. The third-order valence-corrected chi connectivity index (χ3v) is 4.82. The number of amides is 1. The number of rotatable bonds is 5. The van der Waals surface area contributed by atoms with Gasteiger partial charge in [0.25, 0.3) is 0 Å². The van der Waals surface area contributed by atoms with Crippen molar-refractivity contribution in [2.75, 3.05) is 6.61 Å². The van der Waals surface area contributed by atoms with Gasteiger partial charge in [0.1, 0.15) is 10.8 Å². The van der Waals surface area contributed by atoms with Crippen molar-refractivity contribution < 1.29 is 13.9 Å². The second-order valence-electron chi connectivity index (χ2n) is 5.74. The van der Waals surface area contributed by atoms with E-state index in [1.54, 1.807) is 6.07 Å². The molecular weight excluding hydrogens is 315 g/mol. The molecule has 23 heavy (non-hydrogen) atoms. The lowest BCUT2D eigenvalue weighted by Crippen LogP contribution is -2.41. The Morgan fingerprint density at radius 1 is 1.57 bits per heavy atom. The smallest absolute Gasteiger partial charge is 0.226 e. The normalized spacial score (nSPS) is 18.8. The Bertz CT molecular complexity index is 683. The SMILES string of the molecule is C[C@@H](NC(=O)Cc1csc(-c2cccc(F)c2)n1)[C@@H]1CCCO1. The fourth-order valence-electron chi connectivity index (χ4n) is 2.70. The number of aromatic nitrogens is 1. The first-order valence-electron chi connectivity index (χ1n) is 7.73. The van der Waals surface area contributed by atoms with Gasteiger partial charge in [-0.3, -0.25) is 4.79 Å². The van der Waals surface area contributed by atoms with E-state index in [0.29, 0.717) is 5.69 Å². The van der Waals surface area contributed by atoms with Gasteiger partial charge < -0.3 is 10.1 Å². The highest BCUT2D eigenvalue weighted by Crippen LogP contribution is 2.24. The van der Waals surface area contributed by atoms with Crippen LogP contribution < -0.4 is 5.32 Å². The molecule has 0 aliphatic carbocycles. The largest absolute Gasteiger partial charge is 0.376 e. The Hall–Kier alpha value is -1.79. The van der Waals surface area contributed by atoms with E-state index in [0.717, 1.165) is 30.0 Å². The number of benzene rings is 1. The molecule has 0 unspecified atom stereocenters. The molecule has 0 saturated carbocycles. The highest BCUT2D eigenvalue weighted by molar-refractivity contribution is 7.13. The molecule has 2 aromatic rings. The zero-order valence-corrected chi connectivity index (χ0v) is 13.7. The van der Waals surface area contributed by atoms with Crippen molar-refractivity contribution in [3.8, 4) is 10.6 Å². The molecule has 0 bridgehead atoms. The van der Waals surface area contributed by atoms with Gasteiger partial charge in [0.15, 0.2) is 0 Å². The number of nitrogens with zero attached hydrogens (tertiary/aromatic N) is 1. The first-order chi connectivity index (χ1) is 11.1. The van der Waals surface area contributed by atoms with E-state index in [-0.39, 0.29) is 30.3 Å². The van der Waals surface area contributed by atoms with Crippen LogP contribution in [0.2, 0.25) is 0 Å². The molecule has 122 valence electrons. The molecule has 2 heterocycles. The van der Waals surface area contributed by atoms with Gasteiger partial charge in [0.2, 0.25) is 5.91 Å². The molecule has 1 aromatic carbocycles. The number of halogens is 1. The second kappa shape index (κ2) is 7.19. The lowest BCUT2D eigenvalue weighted by molar-refractivity contribution is -0.121. The fourth-order valence-corrected chi connectivity index (χ4v) is 3.52. The van der Waals surface area contributed by atoms with Crippen LogP contribution in [0.1, 0.15) is 25.5 Å². The van der Waals surface area contributed by atoms with Crippen LogP contribution in [0.25, 0.3) is 10.6 Å². The zero-order valence-electron chi connectivity index (χ0n) is 12.9. The number of carbonyl (C=O) groups is 1. The maximum Gasteiger partial charge on any atom is 0.226 e. The number of hydrogen-bond acceptors (Lipinski definition) is 4. The van der Waals surface area contributed by atoms with E-state index < -0.39 is 0 Å². The van der Waals surface area contributed by atoms with Gasteiger partial charge in [-0.1, -0.05) is 12.1 Å². The maximum atomic E-state index is 13.3. The van der Waals surface area contributed by atoms with Crippen molar-refractivity contribution in [3.05, 3.63) is 41.2 Å². The van der Waals surface area contributed by atoms with Gasteiger partial charge in [-0.25, -0.2) is 9.37 Å². The molecule has 1 aromatic heterocycles. The van der Waals surface area contributed by atoms with Gasteiger partial charge in [-0.2, -0.15) is 0 Å². The average Bonchev–Trinajstić information content (AvgIpc) is 3.18. The van der Waals surface area contributed by atoms with Gasteiger partial charge in [-0.05, 0) is 31.9 Å². The van der Waals surface area contributed by atoms with Crippen LogP contribution in [-0.2, 0) is 16.0 Å². The summed E-state index contributed by atoms with van der Waals surface area (Å²) in [7, 11) is 0. The van der Waals surface area contributed by atoms with E-state index >= 15 is 0 Å². The van der Waals surface area contributed by atoms with Gasteiger partial charge in [0.05, 0.1) is 24.3 Å². The maximum absolute atomic E-state index is 13.3. The lowest BCUT2D eigenvalue weighted by Gasteiger charge is -2.19. The first-order valence-corrected chi connectivity index (χ1v) is 8.61. The molecule has 1 N–H and O–H groups in total. The van der Waals surface area contributed by atoms with Crippen molar-refractivity contribution in [2.45, 2.75) is 38.3 Å². The van der Waals surface area contributed by atoms with Crippen molar-refractivity contribution in [3.63, 3.8) is 0 Å². The molecule has 1 aliphatic heterocycles. The minimum atomic E-state index is -0.289. The first kappa shape index (κ1) is 16.1. The molecule has 2 atom stereocenters. The number of ether oxygens (including phenoxy) is 1. The molecule has 1 fully saturated rings. The third kappa shape index (κ3) is 4.14.